The van der Waals surface area contributed by atoms with E-state index in [0.717, 1.165) is 22.4 Å². The maximum atomic E-state index is 13.5. The molecule has 7 nitrogen and oxygen atoms in total. The van der Waals surface area contributed by atoms with Crippen LogP contribution in [0.2, 0.25) is 0 Å². The van der Waals surface area contributed by atoms with E-state index in [9.17, 15) is 9.90 Å². The Hall–Kier alpha value is -3.09. The van der Waals surface area contributed by atoms with E-state index >= 15 is 0 Å². The van der Waals surface area contributed by atoms with E-state index < -0.39 is 0 Å². The summed E-state index contributed by atoms with van der Waals surface area (Å²) in [5.41, 5.74) is 3.16. The molecule has 0 radical (unpaired) electrons. The zero-order valence-electron chi connectivity index (χ0n) is 18.0. The number of aromatic hydroxyl groups is 1. The van der Waals surface area contributed by atoms with Crippen LogP contribution >= 0.6 is 0 Å². The van der Waals surface area contributed by atoms with Crippen LogP contribution in [-0.2, 0) is 0 Å². The van der Waals surface area contributed by atoms with Gasteiger partial charge in [0.25, 0.3) is 5.91 Å². The summed E-state index contributed by atoms with van der Waals surface area (Å²) in [4.78, 5) is 22.3. The number of phenolic OH excluding ortho intramolecular Hbond substituents is 1. The normalized spacial score (nSPS) is 14.9. The van der Waals surface area contributed by atoms with Crippen molar-refractivity contribution in [2.75, 3.05) is 31.1 Å². The summed E-state index contributed by atoms with van der Waals surface area (Å²) in [6.07, 6.45) is 1.76. The number of aromatic nitrogens is 3. The minimum absolute atomic E-state index is 0.0181. The molecule has 158 valence electrons. The Bertz CT molecular complexity index is 1060. The lowest BCUT2D eigenvalue weighted by molar-refractivity contribution is 0.0748. The van der Waals surface area contributed by atoms with Crippen molar-refractivity contribution in [3.8, 4) is 5.75 Å². The van der Waals surface area contributed by atoms with E-state index in [1.807, 2.05) is 33.8 Å². The molecule has 1 saturated heterocycles. The first-order valence-corrected chi connectivity index (χ1v) is 10.6. The van der Waals surface area contributed by atoms with Crippen molar-refractivity contribution >= 4 is 22.6 Å². The van der Waals surface area contributed by atoms with E-state index in [0.29, 0.717) is 31.7 Å². The molecule has 1 aliphatic rings. The van der Waals surface area contributed by atoms with Gasteiger partial charge in [0.1, 0.15) is 5.75 Å². The predicted molar refractivity (Wildman–Crippen MR) is 118 cm³/mol. The van der Waals surface area contributed by atoms with Crippen LogP contribution in [-0.4, -0.2) is 56.9 Å². The van der Waals surface area contributed by atoms with Crippen LogP contribution < -0.4 is 4.90 Å². The van der Waals surface area contributed by atoms with Crippen LogP contribution in [0.1, 0.15) is 55.7 Å². The first-order chi connectivity index (χ1) is 14.4. The van der Waals surface area contributed by atoms with E-state index in [4.69, 9.17) is 4.98 Å². The number of amides is 1. The third kappa shape index (κ3) is 3.60. The third-order valence-corrected chi connectivity index (χ3v) is 5.69. The molecule has 0 spiro atoms. The number of phenols is 1. The Balaban J connectivity index is 1.61. The first-order valence-electron chi connectivity index (χ1n) is 10.6. The average molecular weight is 408 g/mol. The molecule has 1 amide bonds. The molecule has 3 heterocycles. The van der Waals surface area contributed by atoms with Gasteiger partial charge in [0.05, 0.1) is 22.8 Å². The van der Waals surface area contributed by atoms with Gasteiger partial charge in [0, 0.05) is 37.9 Å². The minimum Gasteiger partial charge on any atom is -0.506 e. The number of hydrogen-bond donors (Lipinski definition) is 1. The summed E-state index contributed by atoms with van der Waals surface area (Å²) in [6, 6.07) is 9.44. The third-order valence-electron chi connectivity index (χ3n) is 5.69. The summed E-state index contributed by atoms with van der Waals surface area (Å²) >= 11 is 0. The number of anilines is 1. The van der Waals surface area contributed by atoms with Crippen molar-refractivity contribution in [2.45, 2.75) is 39.7 Å². The van der Waals surface area contributed by atoms with E-state index in [2.05, 4.69) is 37.7 Å². The van der Waals surface area contributed by atoms with Crippen LogP contribution in [0.4, 0.5) is 5.69 Å². The highest BCUT2D eigenvalue weighted by Gasteiger charge is 2.26. The van der Waals surface area contributed by atoms with Gasteiger partial charge in [-0.15, -0.1) is 0 Å². The number of carbonyl (C=O) groups is 1. The molecule has 0 bridgehead atoms. The van der Waals surface area contributed by atoms with Crippen molar-refractivity contribution in [1.82, 2.24) is 19.7 Å². The Kier molecular flexibility index (Phi) is 5.37. The first kappa shape index (κ1) is 20.2. The summed E-state index contributed by atoms with van der Waals surface area (Å²) in [7, 11) is 0. The molecule has 0 saturated carbocycles. The number of carbonyl (C=O) groups excluding carboxylic acids is 1. The molecule has 7 heteroatoms. The van der Waals surface area contributed by atoms with Crippen LogP contribution in [0.5, 0.6) is 5.75 Å². The van der Waals surface area contributed by atoms with E-state index in [-0.39, 0.29) is 23.6 Å². The molecule has 30 heavy (non-hydrogen) atoms. The van der Waals surface area contributed by atoms with Gasteiger partial charge in [-0.1, -0.05) is 26.0 Å². The van der Waals surface area contributed by atoms with Crippen molar-refractivity contribution in [2.24, 2.45) is 0 Å². The zero-order valence-corrected chi connectivity index (χ0v) is 18.0. The fourth-order valence-corrected chi connectivity index (χ4v) is 3.94. The number of piperazine rings is 1. The van der Waals surface area contributed by atoms with Crippen molar-refractivity contribution in [3.05, 3.63) is 47.8 Å². The highest BCUT2D eigenvalue weighted by Crippen LogP contribution is 2.29. The number of pyridine rings is 1. The lowest BCUT2D eigenvalue weighted by atomic mass is 10.0. The Morgan fingerprint density at radius 3 is 2.40 bits per heavy atom. The predicted octanol–water partition coefficient (Wildman–Crippen LogP) is 3.80. The van der Waals surface area contributed by atoms with E-state index in [1.165, 1.54) is 0 Å². The van der Waals surface area contributed by atoms with Gasteiger partial charge in [-0.25, -0.2) is 9.67 Å². The van der Waals surface area contributed by atoms with Crippen LogP contribution in [0, 0.1) is 0 Å². The highest BCUT2D eigenvalue weighted by atomic mass is 16.3. The Morgan fingerprint density at radius 2 is 1.77 bits per heavy atom. The van der Waals surface area contributed by atoms with Gasteiger partial charge in [-0.2, -0.15) is 5.10 Å². The number of benzene rings is 1. The number of hydrogen-bond acceptors (Lipinski definition) is 5. The smallest absolute Gasteiger partial charge is 0.254 e. The standard InChI is InChI=1S/C23H29N5O2/c1-15(2)19-13-17(18-14-24-28(16(3)4)22(18)25-19)23(30)27-11-9-26(10-12-27)20-7-5-6-8-21(20)29/h5-8,13-16,29H,9-12H2,1-4H3. The summed E-state index contributed by atoms with van der Waals surface area (Å²) in [5, 5.41) is 15.4. The average Bonchev–Trinajstić information content (AvgIpc) is 3.17. The van der Waals surface area contributed by atoms with Crippen LogP contribution in [0.3, 0.4) is 0 Å². The van der Waals surface area contributed by atoms with Crippen molar-refractivity contribution in [3.63, 3.8) is 0 Å². The summed E-state index contributed by atoms with van der Waals surface area (Å²) in [6.45, 7) is 10.9. The van der Waals surface area contributed by atoms with Gasteiger partial charge < -0.3 is 14.9 Å². The van der Waals surface area contributed by atoms with Crippen molar-refractivity contribution in [1.29, 1.82) is 0 Å². The number of rotatable bonds is 4. The molecule has 1 N–H and O–H groups in total. The van der Waals surface area contributed by atoms with Crippen LogP contribution in [0.25, 0.3) is 11.0 Å². The van der Waals surface area contributed by atoms with Gasteiger partial charge in [0.15, 0.2) is 5.65 Å². The monoisotopic (exact) mass is 407 g/mol. The molecule has 0 atom stereocenters. The second kappa shape index (κ2) is 7.97. The molecular formula is C23H29N5O2. The molecule has 1 fully saturated rings. The molecule has 1 aliphatic heterocycles. The second-order valence-corrected chi connectivity index (χ2v) is 8.44. The minimum atomic E-state index is 0.0181. The second-order valence-electron chi connectivity index (χ2n) is 8.44. The Labute approximate surface area is 176 Å². The molecule has 1 aromatic carbocycles. The van der Waals surface area contributed by atoms with E-state index in [1.54, 1.807) is 12.3 Å². The molecule has 2 aromatic heterocycles. The zero-order chi connectivity index (χ0) is 21.4. The summed E-state index contributed by atoms with van der Waals surface area (Å²) in [5.74, 6) is 0.509. The highest BCUT2D eigenvalue weighted by molar-refractivity contribution is 6.05. The number of fused-ring (bicyclic) bond motifs is 1. The van der Waals surface area contributed by atoms with Gasteiger partial charge >= 0.3 is 0 Å². The molecular weight excluding hydrogens is 378 g/mol. The van der Waals surface area contributed by atoms with Gasteiger partial charge in [-0.3, -0.25) is 4.79 Å². The van der Waals surface area contributed by atoms with Crippen LogP contribution in [0.15, 0.2) is 36.5 Å². The topological polar surface area (TPSA) is 74.5 Å². The molecule has 0 aliphatic carbocycles. The maximum absolute atomic E-state index is 13.5. The molecule has 3 aromatic rings. The lowest BCUT2D eigenvalue weighted by Crippen LogP contribution is -2.48. The van der Waals surface area contributed by atoms with Gasteiger partial charge in [0.2, 0.25) is 0 Å². The molecule has 4 rings (SSSR count). The molecule has 0 unspecified atom stereocenters. The quantitative estimate of drug-likeness (QED) is 0.712. The Morgan fingerprint density at radius 1 is 1.07 bits per heavy atom. The largest absolute Gasteiger partial charge is 0.506 e. The van der Waals surface area contributed by atoms with Gasteiger partial charge in [-0.05, 0) is 38.0 Å². The fraction of sp³-hybridized carbons (Fsp3) is 0.435. The van der Waals surface area contributed by atoms with Crippen molar-refractivity contribution < 1.29 is 9.90 Å². The maximum Gasteiger partial charge on any atom is 0.254 e. The lowest BCUT2D eigenvalue weighted by Gasteiger charge is -2.36. The number of nitrogens with zero attached hydrogens (tertiary/aromatic N) is 5. The number of para-hydroxylation sites is 2. The fourth-order valence-electron chi connectivity index (χ4n) is 3.94. The summed E-state index contributed by atoms with van der Waals surface area (Å²) < 4.78 is 1.88. The SMILES string of the molecule is CC(C)c1cc(C(=O)N2CCN(c3ccccc3O)CC2)c2cnn(C(C)C)c2n1.